The first-order valence-corrected chi connectivity index (χ1v) is 19.7. The molecule has 0 heterocycles. The van der Waals surface area contributed by atoms with Crippen molar-refractivity contribution < 1.29 is 28.8 Å². The molecule has 0 aromatic rings. The molecule has 0 bridgehead atoms. The number of quaternary nitrogens is 2. The molecule has 6 nitrogen and oxygen atoms in total. The quantitative estimate of drug-likeness (QED) is 0.0900. The van der Waals surface area contributed by atoms with Gasteiger partial charge in [0.1, 0.15) is 0 Å². The van der Waals surface area contributed by atoms with E-state index in [1.165, 1.54) is 164 Å². The number of rotatable bonds is 26. The Morgan fingerprint density at radius 2 is 0.600 bits per heavy atom. The Labute approximate surface area is 281 Å². The van der Waals surface area contributed by atoms with Crippen LogP contribution in [0.5, 0.6) is 0 Å². The van der Waals surface area contributed by atoms with Crippen LogP contribution in [0.25, 0.3) is 0 Å². The summed E-state index contributed by atoms with van der Waals surface area (Å²) in [5, 5.41) is 20.6. The van der Waals surface area contributed by atoms with E-state index in [0.29, 0.717) is 19.3 Å². The van der Waals surface area contributed by atoms with Crippen molar-refractivity contribution in [3.63, 3.8) is 0 Å². The van der Waals surface area contributed by atoms with Crippen molar-refractivity contribution in [2.75, 3.05) is 52.4 Å². The fraction of sp³-hybridized carbons (Fsp3) is 0.949. The predicted octanol–water partition coefficient (Wildman–Crippen LogP) is 7.91. The predicted molar refractivity (Wildman–Crippen MR) is 190 cm³/mol. The van der Waals surface area contributed by atoms with E-state index in [-0.39, 0.29) is 0 Å². The third-order valence-electron chi connectivity index (χ3n) is 10.0. The van der Waals surface area contributed by atoms with Gasteiger partial charge in [0.05, 0.1) is 52.4 Å². The molecule has 1 fully saturated rings. The summed E-state index contributed by atoms with van der Waals surface area (Å²) in [4.78, 5) is 20.6. The second-order valence-corrected chi connectivity index (χ2v) is 14.1. The van der Waals surface area contributed by atoms with E-state index >= 15 is 0 Å². The number of aliphatic carboxylic acids is 2. The van der Waals surface area contributed by atoms with Crippen molar-refractivity contribution >= 4 is 11.9 Å². The Bertz CT molecular complexity index is 553. The molecule has 0 aliphatic heterocycles. The van der Waals surface area contributed by atoms with Crippen LogP contribution < -0.4 is 10.2 Å². The first-order chi connectivity index (χ1) is 21.6. The number of carboxylic acids is 2. The van der Waals surface area contributed by atoms with Crippen molar-refractivity contribution in [1.82, 2.24) is 0 Å². The van der Waals surface area contributed by atoms with Gasteiger partial charge in [0.15, 0.2) is 0 Å². The van der Waals surface area contributed by atoms with Gasteiger partial charge in [-0.1, -0.05) is 113 Å². The van der Waals surface area contributed by atoms with Crippen LogP contribution in [0.1, 0.15) is 177 Å². The Morgan fingerprint density at radius 1 is 0.422 bits per heavy atom. The summed E-state index contributed by atoms with van der Waals surface area (Å²) < 4.78 is 2.84. The summed E-state index contributed by atoms with van der Waals surface area (Å²) in [5.74, 6) is -4.20. The fourth-order valence-corrected chi connectivity index (χ4v) is 6.81. The van der Waals surface area contributed by atoms with Crippen LogP contribution in [0.3, 0.4) is 0 Å². The number of hydrogen-bond acceptors (Lipinski definition) is 4. The molecule has 2 atom stereocenters. The van der Waals surface area contributed by atoms with Crippen molar-refractivity contribution in [3.05, 3.63) is 0 Å². The summed E-state index contributed by atoms with van der Waals surface area (Å²) in [7, 11) is 0. The lowest BCUT2D eigenvalue weighted by atomic mass is 9.97. The van der Waals surface area contributed by atoms with Gasteiger partial charge in [-0.3, -0.25) is 0 Å². The minimum atomic E-state index is -1.27. The number of carboxylic acid groups (broad SMARTS) is 2. The third-order valence-corrected chi connectivity index (χ3v) is 10.0. The zero-order valence-electron chi connectivity index (χ0n) is 31.8. The molecule has 0 amide bonds. The van der Waals surface area contributed by atoms with Gasteiger partial charge >= 0.3 is 0 Å². The third kappa shape index (κ3) is 22.1. The van der Waals surface area contributed by atoms with Gasteiger partial charge in [0.2, 0.25) is 0 Å². The number of nitrogens with zero attached hydrogens (tertiary/aromatic N) is 2. The van der Waals surface area contributed by atoms with Crippen LogP contribution in [0, 0.1) is 11.8 Å². The first-order valence-electron chi connectivity index (χ1n) is 19.7. The van der Waals surface area contributed by atoms with Crippen LogP contribution >= 0.6 is 0 Å². The molecule has 6 heteroatoms. The van der Waals surface area contributed by atoms with Crippen molar-refractivity contribution in [3.8, 4) is 0 Å². The summed E-state index contributed by atoms with van der Waals surface area (Å²) in [5.41, 5.74) is 0. The molecule has 45 heavy (non-hydrogen) atoms. The molecule has 1 aliphatic carbocycles. The van der Waals surface area contributed by atoms with E-state index in [4.69, 9.17) is 0 Å². The molecule has 0 N–H and O–H groups in total. The lowest BCUT2D eigenvalue weighted by Crippen LogP contribution is -2.50. The normalized spacial score (nSPS) is 16.4. The Morgan fingerprint density at radius 3 is 0.733 bits per heavy atom. The zero-order valence-corrected chi connectivity index (χ0v) is 31.8. The van der Waals surface area contributed by atoms with Gasteiger partial charge in [-0.15, -0.1) is 0 Å². The Kier molecular flexibility index (Phi) is 30.9. The largest absolute Gasteiger partial charge is 0.550 e. The maximum absolute atomic E-state index is 10.3. The van der Waals surface area contributed by atoms with Gasteiger partial charge in [0.25, 0.3) is 0 Å². The van der Waals surface area contributed by atoms with E-state index in [1.807, 2.05) is 0 Å². The summed E-state index contributed by atoms with van der Waals surface area (Å²) in [6, 6.07) is 0. The van der Waals surface area contributed by atoms with Crippen LogP contribution in [-0.4, -0.2) is 73.3 Å². The van der Waals surface area contributed by atoms with Crippen molar-refractivity contribution in [2.24, 2.45) is 11.8 Å². The highest BCUT2D eigenvalue weighted by atomic mass is 16.4. The Balaban J connectivity index is 0. The summed E-state index contributed by atoms with van der Waals surface area (Å²) >= 11 is 0. The zero-order chi connectivity index (χ0) is 34.4. The average molecular weight is 641 g/mol. The molecular formula is C39H80N2O4. The lowest BCUT2D eigenvalue weighted by Gasteiger charge is -2.39. The van der Waals surface area contributed by atoms with Crippen LogP contribution in [0.15, 0.2) is 0 Å². The maximum atomic E-state index is 10.3. The molecule has 1 saturated carbocycles. The Hall–Kier alpha value is -1.14. The van der Waals surface area contributed by atoms with Crippen LogP contribution in [0.2, 0.25) is 0 Å². The molecule has 0 aromatic carbocycles. The van der Waals surface area contributed by atoms with Crippen LogP contribution in [-0.2, 0) is 9.59 Å². The minimum absolute atomic E-state index is 0.404. The smallest absolute Gasteiger partial charge is 0.0786 e. The van der Waals surface area contributed by atoms with Crippen molar-refractivity contribution in [2.45, 2.75) is 177 Å². The number of unbranched alkanes of at least 4 members (excludes halogenated alkanes) is 8. The standard InChI is InChI=1S/2C16H36N.C7H10O4/c2*1-5-9-13-17(14-10-6-2,15-11-7-3)16-12-8-4;8-6(9)4-2-1-3-5(4)7(10)11/h2*5-16H2,1-4H3;4-5H,1-3H2,(H,8,9)(H,10,11)/q2*+1;/p-2. The van der Waals surface area contributed by atoms with Gasteiger partial charge in [0, 0.05) is 23.8 Å². The van der Waals surface area contributed by atoms with E-state index in [0.717, 1.165) is 0 Å². The number of carbonyl (C=O) groups is 2. The average Bonchev–Trinajstić information content (AvgIpc) is 3.55. The monoisotopic (exact) mass is 641 g/mol. The molecular weight excluding hydrogens is 560 g/mol. The summed E-state index contributed by atoms with van der Waals surface area (Å²) in [6.07, 6.45) is 23.6. The van der Waals surface area contributed by atoms with Gasteiger partial charge in [-0.05, 0) is 64.2 Å². The van der Waals surface area contributed by atoms with E-state index in [2.05, 4.69) is 55.4 Å². The minimum Gasteiger partial charge on any atom is -0.550 e. The number of carbonyl (C=O) groups excluding carboxylic acids is 2. The number of hydrogen-bond donors (Lipinski definition) is 0. The molecule has 0 saturated heterocycles. The van der Waals surface area contributed by atoms with E-state index in [1.54, 1.807) is 0 Å². The fourth-order valence-electron chi connectivity index (χ4n) is 6.81. The van der Waals surface area contributed by atoms with Gasteiger partial charge in [-0.25, -0.2) is 0 Å². The molecule has 0 spiro atoms. The molecule has 1 aliphatic rings. The molecule has 1 rings (SSSR count). The van der Waals surface area contributed by atoms with E-state index < -0.39 is 23.8 Å². The van der Waals surface area contributed by atoms with Crippen molar-refractivity contribution in [1.29, 1.82) is 0 Å². The van der Waals surface area contributed by atoms with Crippen LogP contribution in [0.4, 0.5) is 0 Å². The van der Waals surface area contributed by atoms with Gasteiger partial charge in [-0.2, -0.15) is 0 Å². The molecule has 2 unspecified atom stereocenters. The maximum Gasteiger partial charge on any atom is 0.0786 e. The highest BCUT2D eigenvalue weighted by Crippen LogP contribution is 2.30. The van der Waals surface area contributed by atoms with Gasteiger partial charge < -0.3 is 28.8 Å². The topological polar surface area (TPSA) is 80.3 Å². The molecule has 0 radical (unpaired) electrons. The first kappa shape index (κ1) is 46.0. The second-order valence-electron chi connectivity index (χ2n) is 14.1. The summed E-state index contributed by atoms with van der Waals surface area (Å²) in [6.45, 7) is 30.0. The highest BCUT2D eigenvalue weighted by molar-refractivity contribution is 5.78. The molecule has 0 aromatic heterocycles. The lowest BCUT2D eigenvalue weighted by molar-refractivity contribution is -0.929. The van der Waals surface area contributed by atoms with E-state index in [9.17, 15) is 19.8 Å². The highest BCUT2D eigenvalue weighted by Gasteiger charge is 2.29. The SMILES string of the molecule is CCCC[N+](CCCC)(CCCC)CCCC.CCCC[N+](CCCC)(CCCC)CCCC.O=C([O-])C1CCCC1C(=O)[O-]. The molecule has 270 valence electrons. The second kappa shape index (κ2) is 30.2.